The molecule has 0 aromatic carbocycles. The van der Waals surface area contributed by atoms with Crippen molar-refractivity contribution in [2.24, 2.45) is 0 Å². The van der Waals surface area contributed by atoms with Crippen molar-refractivity contribution in [3.63, 3.8) is 0 Å². The van der Waals surface area contributed by atoms with E-state index in [-0.39, 0.29) is 49.2 Å². The van der Waals surface area contributed by atoms with Gasteiger partial charge in [-0.25, -0.2) is 23.5 Å². The average molecular weight is 801 g/mol. The van der Waals surface area contributed by atoms with Gasteiger partial charge < -0.3 is 39.4 Å². The third-order valence-electron chi connectivity index (χ3n) is 7.89. The summed E-state index contributed by atoms with van der Waals surface area (Å²) < 4.78 is 30.8. The standard InChI is InChI=1S/C29H32N14O14/c44-21-1-2-42(29(53)43(21)7-16-3-38(34-30-16)8-22(45)46)28-27(56-14-19-6-41(37-33-19)11-25(51)52)26(55-13-18-5-40(36-32-18)10-24(49)50)20(57-28)15-54-12-17-4-39(35-31-17)9-23(47)48/h1-6,20,26-28H,7-15H2,(H,45,46)(H,47,48)(H,49,50)(H,51,52)/t20-,26-,27-,28-/m1/s1. The maximum Gasteiger partial charge on any atom is 0.333 e. The lowest BCUT2D eigenvalue weighted by molar-refractivity contribution is -0.139. The fraction of sp³-hybridized carbons (Fsp3) is 0.448. The Balaban J connectivity index is 1.31. The predicted octanol–water partition coefficient (Wildman–Crippen LogP) is -3.95. The maximum absolute atomic E-state index is 14.0. The minimum absolute atomic E-state index is 0.0986. The number of hydrogen-bond acceptors (Lipinski definition) is 18. The predicted molar refractivity (Wildman–Crippen MR) is 175 cm³/mol. The molecule has 57 heavy (non-hydrogen) atoms. The van der Waals surface area contributed by atoms with Crippen LogP contribution < -0.4 is 11.2 Å². The summed E-state index contributed by atoms with van der Waals surface area (Å²) in [5.74, 6) is -4.66. The first-order valence-electron chi connectivity index (χ1n) is 16.5. The van der Waals surface area contributed by atoms with Crippen LogP contribution >= 0.6 is 0 Å². The molecule has 28 nitrogen and oxygen atoms in total. The van der Waals surface area contributed by atoms with E-state index >= 15 is 0 Å². The first-order valence-corrected chi connectivity index (χ1v) is 16.5. The molecule has 4 N–H and O–H groups in total. The summed E-state index contributed by atoms with van der Waals surface area (Å²) in [5.41, 5.74) is -0.848. The molecule has 28 heteroatoms. The van der Waals surface area contributed by atoms with Crippen LogP contribution in [0.1, 0.15) is 29.0 Å². The lowest BCUT2D eigenvalue weighted by Crippen LogP contribution is -2.44. The molecular weight excluding hydrogens is 768 g/mol. The van der Waals surface area contributed by atoms with Crippen molar-refractivity contribution >= 4 is 23.9 Å². The molecule has 4 atom stereocenters. The van der Waals surface area contributed by atoms with Gasteiger partial charge in [0.15, 0.2) is 6.23 Å². The Kier molecular flexibility index (Phi) is 12.3. The summed E-state index contributed by atoms with van der Waals surface area (Å²) in [5, 5.41) is 67.0. The number of nitrogens with zero attached hydrogens (tertiary/aromatic N) is 14. The van der Waals surface area contributed by atoms with Crippen molar-refractivity contribution in [3.8, 4) is 0 Å². The van der Waals surface area contributed by atoms with Gasteiger partial charge in [0.05, 0.1) is 57.8 Å². The summed E-state index contributed by atoms with van der Waals surface area (Å²) in [7, 11) is 0. The number of aliphatic carboxylic acids is 4. The highest BCUT2D eigenvalue weighted by Gasteiger charge is 2.48. The zero-order chi connectivity index (χ0) is 40.6. The molecular formula is C29H32N14O14. The zero-order valence-corrected chi connectivity index (χ0v) is 29.3. The second-order valence-corrected chi connectivity index (χ2v) is 12.3. The van der Waals surface area contributed by atoms with E-state index in [1.165, 1.54) is 31.0 Å². The van der Waals surface area contributed by atoms with Crippen LogP contribution in [0.4, 0.5) is 0 Å². The smallest absolute Gasteiger partial charge is 0.333 e. The first kappa shape index (κ1) is 39.6. The molecule has 0 saturated carbocycles. The normalized spacial score (nSPS) is 17.9. The van der Waals surface area contributed by atoms with Crippen LogP contribution in [0.15, 0.2) is 46.6 Å². The molecule has 1 aliphatic rings. The molecule has 0 amide bonds. The van der Waals surface area contributed by atoms with E-state index in [9.17, 15) is 28.8 Å². The van der Waals surface area contributed by atoms with Crippen LogP contribution in [0.25, 0.3) is 0 Å². The van der Waals surface area contributed by atoms with Crippen LogP contribution in [0.5, 0.6) is 0 Å². The van der Waals surface area contributed by atoms with Gasteiger partial charge in [-0.3, -0.25) is 33.1 Å². The molecule has 0 bridgehead atoms. The van der Waals surface area contributed by atoms with Gasteiger partial charge in [0.2, 0.25) is 0 Å². The second kappa shape index (κ2) is 17.6. The molecule has 5 aromatic heterocycles. The van der Waals surface area contributed by atoms with Crippen LogP contribution in [0, 0.1) is 0 Å². The summed E-state index contributed by atoms with van der Waals surface area (Å²) in [4.78, 5) is 71.6. The minimum Gasteiger partial charge on any atom is -0.480 e. The van der Waals surface area contributed by atoms with Gasteiger partial charge >= 0.3 is 29.6 Å². The van der Waals surface area contributed by atoms with E-state index in [1.54, 1.807) is 0 Å². The maximum atomic E-state index is 14.0. The molecule has 6 rings (SSSR count). The largest absolute Gasteiger partial charge is 0.480 e. The average Bonchev–Trinajstić information content (AvgIpc) is 3.98. The Labute approximate surface area is 315 Å². The molecule has 0 aliphatic carbocycles. The number of rotatable bonds is 21. The van der Waals surface area contributed by atoms with Crippen molar-refractivity contribution in [1.82, 2.24) is 69.1 Å². The fourth-order valence-corrected chi connectivity index (χ4v) is 5.61. The molecule has 6 heterocycles. The molecule has 0 radical (unpaired) electrons. The lowest BCUT2D eigenvalue weighted by Gasteiger charge is -2.25. The van der Waals surface area contributed by atoms with E-state index in [0.717, 1.165) is 33.9 Å². The van der Waals surface area contributed by atoms with E-state index in [4.69, 9.17) is 39.4 Å². The molecule has 0 spiro atoms. The van der Waals surface area contributed by atoms with E-state index < -0.39 is 92.4 Å². The Hall–Kier alpha value is -7.04. The van der Waals surface area contributed by atoms with Crippen molar-refractivity contribution in [1.29, 1.82) is 0 Å². The van der Waals surface area contributed by atoms with Crippen molar-refractivity contribution < 1.29 is 58.6 Å². The molecule has 1 fully saturated rings. The van der Waals surface area contributed by atoms with Gasteiger partial charge in [-0.2, -0.15) is 0 Å². The van der Waals surface area contributed by atoms with Gasteiger partial charge in [0.25, 0.3) is 5.56 Å². The third-order valence-corrected chi connectivity index (χ3v) is 7.89. The Morgan fingerprint density at radius 3 is 1.56 bits per heavy atom. The van der Waals surface area contributed by atoms with E-state index in [2.05, 4.69) is 41.2 Å². The second-order valence-electron chi connectivity index (χ2n) is 12.3. The van der Waals surface area contributed by atoms with Crippen LogP contribution in [-0.2, 0) is 90.7 Å². The fourth-order valence-electron chi connectivity index (χ4n) is 5.61. The summed E-state index contributed by atoms with van der Waals surface area (Å²) >= 11 is 0. The Morgan fingerprint density at radius 1 is 0.632 bits per heavy atom. The molecule has 0 unspecified atom stereocenters. The van der Waals surface area contributed by atoms with Crippen molar-refractivity contribution in [3.05, 3.63) is 80.7 Å². The van der Waals surface area contributed by atoms with Crippen LogP contribution in [-0.4, -0.2) is 138 Å². The topological polar surface area (TPSA) is 353 Å². The highest BCUT2D eigenvalue weighted by atomic mass is 16.6. The third kappa shape index (κ3) is 10.4. The quantitative estimate of drug-likeness (QED) is 0.0550. The van der Waals surface area contributed by atoms with Crippen LogP contribution in [0.3, 0.4) is 0 Å². The summed E-state index contributed by atoms with van der Waals surface area (Å²) in [6.07, 6.45) is 1.76. The molecule has 5 aromatic rings. The van der Waals surface area contributed by atoms with Gasteiger partial charge in [0, 0.05) is 12.3 Å². The molecule has 1 saturated heterocycles. The number of ether oxygens (including phenoxy) is 4. The number of hydrogen-bond donors (Lipinski definition) is 4. The Bertz CT molecular complexity index is 2340. The van der Waals surface area contributed by atoms with Crippen LogP contribution in [0.2, 0.25) is 0 Å². The molecule has 302 valence electrons. The van der Waals surface area contributed by atoms with E-state index in [0.29, 0.717) is 0 Å². The number of aromatic nitrogens is 14. The van der Waals surface area contributed by atoms with E-state index in [1.807, 2.05) is 0 Å². The number of carbonyl (C=O) groups is 4. The van der Waals surface area contributed by atoms with Crippen molar-refractivity contribution in [2.75, 3.05) is 6.61 Å². The SMILES string of the molecule is O=C(O)Cn1cc(COC[C@H]2O[C@@H](n3ccc(=O)n(Cc4cn(CC(=O)O)nn4)c3=O)[C@H](OCc3cn(CC(=O)O)nn3)[C@@H]2OCc2cn(CC(=O)O)nn2)nn1. The van der Waals surface area contributed by atoms with Gasteiger partial charge in [-0.05, 0) is 0 Å². The summed E-state index contributed by atoms with van der Waals surface area (Å²) in [6, 6.07) is 1.09. The lowest BCUT2D eigenvalue weighted by atomic mass is 10.1. The Morgan fingerprint density at radius 2 is 1.07 bits per heavy atom. The van der Waals surface area contributed by atoms with Gasteiger partial charge in [-0.15, -0.1) is 20.4 Å². The minimum atomic E-state index is -1.35. The van der Waals surface area contributed by atoms with Gasteiger partial charge in [0.1, 0.15) is 67.3 Å². The summed E-state index contributed by atoms with van der Waals surface area (Å²) in [6.45, 7) is -3.28. The monoisotopic (exact) mass is 800 g/mol. The number of carboxylic acid groups (broad SMARTS) is 4. The number of carboxylic acids is 4. The molecule has 1 aliphatic heterocycles. The highest BCUT2D eigenvalue weighted by molar-refractivity contribution is 5.67. The zero-order valence-electron chi connectivity index (χ0n) is 29.3. The van der Waals surface area contributed by atoms with Crippen molar-refractivity contribution in [2.45, 2.75) is 77.1 Å². The first-order chi connectivity index (χ1) is 27.3. The van der Waals surface area contributed by atoms with Gasteiger partial charge in [-0.1, -0.05) is 20.9 Å². The highest BCUT2D eigenvalue weighted by Crippen LogP contribution is 2.34.